The van der Waals surface area contributed by atoms with Crippen LogP contribution in [0.25, 0.3) is 0 Å². The zero-order chi connectivity index (χ0) is 28.9. The van der Waals surface area contributed by atoms with Gasteiger partial charge in [-0.1, -0.05) is 90.9 Å². The lowest BCUT2D eigenvalue weighted by molar-refractivity contribution is 0.379. The van der Waals surface area contributed by atoms with Gasteiger partial charge in [0.2, 0.25) is 16.6 Å². The van der Waals surface area contributed by atoms with Crippen molar-refractivity contribution < 1.29 is 8.23 Å². The third-order valence-electron chi connectivity index (χ3n) is 8.47. The van der Waals surface area contributed by atoms with E-state index in [0.29, 0.717) is 7.40 Å². The van der Waals surface area contributed by atoms with E-state index in [-0.39, 0.29) is 0 Å². The minimum absolute atomic E-state index is 0.292. The Morgan fingerprint density at radius 2 is 0.795 bits per heavy atom. The average molecular weight is 669 g/mol. The molecular weight excluding hydrogens is 605 g/mol. The van der Waals surface area contributed by atoms with E-state index in [0.717, 1.165) is 0 Å². The van der Waals surface area contributed by atoms with Crippen LogP contribution in [-0.2, 0) is 8.23 Å². The molecule has 2 nitrogen and oxygen atoms in total. The van der Waals surface area contributed by atoms with Gasteiger partial charge >= 0.3 is 8.56 Å². The fraction of sp³-hybridized carbons (Fsp3) is 1.00. The second-order valence-electron chi connectivity index (χ2n) is 13.3. The average Bonchev–Trinajstić information content (AvgIpc) is 2.88. The molecule has 0 aliphatic carbocycles. The summed E-state index contributed by atoms with van der Waals surface area (Å²) in [6, 6.07) is 0. The Kier molecular flexibility index (Phi) is 17.2. The molecule has 2 rings (SSSR count). The van der Waals surface area contributed by atoms with E-state index >= 15 is 0 Å². The quantitative estimate of drug-likeness (QED) is 0.0942. The lowest BCUT2D eigenvalue weighted by Gasteiger charge is -2.52. The summed E-state index contributed by atoms with van der Waals surface area (Å²) in [5.74, 6) is 5.22. The molecule has 0 bridgehead atoms. The van der Waals surface area contributed by atoms with Crippen LogP contribution in [0.4, 0.5) is 0 Å². The lowest BCUT2D eigenvalue weighted by Crippen LogP contribution is -2.64. The highest BCUT2D eigenvalue weighted by Crippen LogP contribution is 2.55. The number of thioether (sulfide) groups is 4. The van der Waals surface area contributed by atoms with Crippen LogP contribution in [-0.4, -0.2) is 55.6 Å². The third kappa shape index (κ3) is 11.8. The summed E-state index contributed by atoms with van der Waals surface area (Å²) in [6.07, 6.45) is 21.9. The third-order valence-corrected chi connectivity index (χ3v) is 34.4. The molecule has 0 aromatic rings. The zero-order valence-electron chi connectivity index (χ0n) is 27.1. The maximum Gasteiger partial charge on any atom is 0.311 e. The Balaban J connectivity index is 2.08. The van der Waals surface area contributed by atoms with Crippen molar-refractivity contribution in [2.75, 3.05) is 23.0 Å². The molecule has 0 aromatic heterocycles. The monoisotopic (exact) mass is 668 g/mol. The van der Waals surface area contributed by atoms with E-state index in [1.807, 2.05) is 0 Å². The van der Waals surface area contributed by atoms with Gasteiger partial charge in [-0.15, -0.1) is 47.0 Å². The summed E-state index contributed by atoms with van der Waals surface area (Å²) in [6.45, 7) is 19.6. The van der Waals surface area contributed by atoms with E-state index < -0.39 is 25.2 Å². The fourth-order valence-corrected chi connectivity index (χ4v) is 33.5. The lowest BCUT2D eigenvalue weighted by atomic mass is 10.1. The maximum absolute atomic E-state index is 7.44. The highest BCUT2D eigenvalue weighted by atomic mass is 32.2. The Morgan fingerprint density at radius 3 is 1.13 bits per heavy atom. The predicted octanol–water partition coefficient (Wildman–Crippen LogP) is 11.8. The van der Waals surface area contributed by atoms with Crippen LogP contribution in [0.2, 0.25) is 39.3 Å². The van der Waals surface area contributed by atoms with E-state index in [9.17, 15) is 0 Å². The molecule has 0 atom stereocenters. The Bertz CT molecular complexity index is 613. The van der Waals surface area contributed by atoms with Gasteiger partial charge in [0.05, 0.1) is 7.40 Å². The molecule has 0 unspecified atom stereocenters. The fourth-order valence-electron chi connectivity index (χ4n) is 6.42. The summed E-state index contributed by atoms with van der Waals surface area (Å²) in [4.78, 5) is 0. The van der Waals surface area contributed by atoms with Crippen molar-refractivity contribution in [2.24, 2.45) is 0 Å². The van der Waals surface area contributed by atoms with Crippen LogP contribution >= 0.6 is 47.0 Å². The Morgan fingerprint density at radius 1 is 0.487 bits per heavy atom. The minimum atomic E-state index is -2.30. The van der Waals surface area contributed by atoms with Crippen LogP contribution in [0.15, 0.2) is 0 Å². The number of rotatable bonds is 20. The first-order chi connectivity index (χ1) is 18.4. The molecule has 0 N–H and O–H groups in total. The topological polar surface area (TPSA) is 18.5 Å². The second kappa shape index (κ2) is 18.1. The van der Waals surface area contributed by atoms with Gasteiger partial charge in [0.1, 0.15) is 0 Å². The van der Waals surface area contributed by atoms with E-state index in [1.165, 1.54) is 126 Å². The predicted molar refractivity (Wildman–Crippen MR) is 195 cm³/mol. The smallest absolute Gasteiger partial charge is 0.311 e. The van der Waals surface area contributed by atoms with E-state index in [1.54, 1.807) is 0 Å². The molecule has 2 saturated heterocycles. The number of hydrogen-bond acceptors (Lipinski definition) is 6. The standard InChI is InChI=1S/C30H64O2S4Si3/c1-9-11-13-15-17-19-23-29(33-25-21-26-34-29)37(3,4)31-39(7,8)32-38(5,6)30(35-27-22-28-36-30)24-20-18-16-14-12-10-2/h9-28H2,1-8H3. The maximum atomic E-state index is 7.44. The number of hydrogen-bond donors (Lipinski definition) is 0. The van der Waals surface area contributed by atoms with Crippen molar-refractivity contribution in [1.29, 1.82) is 0 Å². The summed E-state index contributed by atoms with van der Waals surface area (Å²) < 4.78 is 15.5. The first kappa shape index (κ1) is 37.2. The van der Waals surface area contributed by atoms with Gasteiger partial charge in [0, 0.05) is 0 Å². The molecular formula is C30H64O2S4Si3. The summed E-state index contributed by atoms with van der Waals surface area (Å²) in [7, 11) is -6.32. The SMILES string of the molecule is CCCCCCCCC1([Si](C)(C)O[Si](C)(C)O[Si](C)(C)C2(CCCCCCCC)SCCCS2)SCCCS1. The highest BCUT2D eigenvalue weighted by Gasteiger charge is 2.56. The van der Waals surface area contributed by atoms with E-state index in [4.69, 9.17) is 8.23 Å². The molecule has 39 heavy (non-hydrogen) atoms. The first-order valence-corrected chi connectivity index (χ1v) is 29.0. The van der Waals surface area contributed by atoms with Crippen molar-refractivity contribution in [3.63, 3.8) is 0 Å². The molecule has 0 aromatic carbocycles. The molecule has 0 amide bonds. The summed E-state index contributed by atoms with van der Waals surface area (Å²) in [5.41, 5.74) is 0. The number of unbranched alkanes of at least 4 members (excludes halogenated alkanes) is 10. The zero-order valence-corrected chi connectivity index (χ0v) is 33.4. The van der Waals surface area contributed by atoms with E-state index in [2.05, 4.69) is 100 Å². The molecule has 2 heterocycles. The molecule has 232 valence electrons. The molecule has 0 spiro atoms. The van der Waals surface area contributed by atoms with Crippen molar-refractivity contribution in [3.05, 3.63) is 0 Å². The minimum Gasteiger partial charge on any atom is -0.435 e. The van der Waals surface area contributed by atoms with Gasteiger partial charge in [-0.05, 0) is 88.0 Å². The first-order valence-electron chi connectivity index (χ1n) is 16.4. The molecule has 2 aliphatic heterocycles. The van der Waals surface area contributed by atoms with Crippen LogP contribution in [0.5, 0.6) is 0 Å². The molecule has 2 aliphatic rings. The highest BCUT2D eigenvalue weighted by molar-refractivity contribution is 8.21. The summed E-state index contributed by atoms with van der Waals surface area (Å²) >= 11 is 9.04. The largest absolute Gasteiger partial charge is 0.435 e. The molecule has 0 saturated carbocycles. The molecule has 2 fully saturated rings. The van der Waals surface area contributed by atoms with Crippen molar-refractivity contribution >= 4 is 72.2 Å². The second-order valence-corrected chi connectivity index (χ2v) is 33.0. The van der Waals surface area contributed by atoms with Crippen molar-refractivity contribution in [3.8, 4) is 0 Å². The van der Waals surface area contributed by atoms with Gasteiger partial charge in [0.25, 0.3) is 0 Å². The Labute approximate surface area is 265 Å². The normalized spacial score (nSPS) is 20.3. The molecule has 9 heteroatoms. The van der Waals surface area contributed by atoms with Crippen molar-refractivity contribution in [1.82, 2.24) is 0 Å². The van der Waals surface area contributed by atoms with Gasteiger partial charge in [-0.25, -0.2) is 0 Å². The van der Waals surface area contributed by atoms with Crippen LogP contribution < -0.4 is 0 Å². The van der Waals surface area contributed by atoms with Gasteiger partial charge in [-0.3, -0.25) is 0 Å². The van der Waals surface area contributed by atoms with Crippen LogP contribution in [0.1, 0.15) is 117 Å². The van der Waals surface area contributed by atoms with Crippen molar-refractivity contribution in [2.45, 2.75) is 163 Å². The summed E-state index contributed by atoms with van der Waals surface area (Å²) in [5, 5.41) is 0. The van der Waals surface area contributed by atoms with Gasteiger partial charge in [0.15, 0.2) is 0 Å². The molecule has 0 radical (unpaired) electrons. The van der Waals surface area contributed by atoms with Crippen LogP contribution in [0, 0.1) is 0 Å². The van der Waals surface area contributed by atoms with Crippen LogP contribution in [0.3, 0.4) is 0 Å². The van der Waals surface area contributed by atoms with Gasteiger partial charge < -0.3 is 8.23 Å². The Hall–Kier alpha value is 1.97. The van der Waals surface area contributed by atoms with Gasteiger partial charge in [-0.2, -0.15) is 0 Å².